The normalized spacial score (nSPS) is 11.7. The van der Waals surface area contributed by atoms with Gasteiger partial charge in [0.15, 0.2) is 0 Å². The first-order valence-electron chi connectivity index (χ1n) is 7.83. The fourth-order valence-electron chi connectivity index (χ4n) is 3.26. The van der Waals surface area contributed by atoms with Crippen molar-refractivity contribution in [1.29, 1.82) is 0 Å². The number of hydrogen-bond acceptors (Lipinski definition) is 6. The fourth-order valence-corrected chi connectivity index (χ4v) is 5.74. The molecule has 3 aromatic rings. The van der Waals surface area contributed by atoms with Crippen LogP contribution in [0.2, 0.25) is 0 Å². The largest absolute Gasteiger partial charge is 0.506 e. The Hall–Kier alpha value is -2.96. The molecule has 0 bridgehead atoms. The minimum Gasteiger partial charge on any atom is -0.506 e. The van der Waals surface area contributed by atoms with Gasteiger partial charge in [0, 0.05) is 21.5 Å². The van der Waals surface area contributed by atoms with Crippen molar-refractivity contribution in [2.45, 2.75) is 0 Å². The molecule has 5 rings (SSSR count). The van der Waals surface area contributed by atoms with Crippen LogP contribution in [0, 0.1) is 9.06 Å². The maximum Gasteiger partial charge on any atom is 0.205 e. The number of phenolic OH excluding ortho intramolecular Hbond substituents is 2. The Kier molecular flexibility index (Phi) is 3.10. The van der Waals surface area contributed by atoms with Gasteiger partial charge < -0.3 is 10.2 Å². The highest BCUT2D eigenvalue weighted by molar-refractivity contribution is 7.26. The topological polar surface area (TPSA) is 74.6 Å². The standard InChI is InChI=1S/C20H10O4S2/c21-13-9-5-1-2-6-10(9)14(22)18-17(13)25-19-15(23)11-7-3-4-8-12(11)16(24)20(19)26-18/h1-8,21-22H. The van der Waals surface area contributed by atoms with Gasteiger partial charge in [-0.1, -0.05) is 48.5 Å². The molecule has 0 radical (unpaired) electrons. The van der Waals surface area contributed by atoms with Crippen molar-refractivity contribution < 1.29 is 10.2 Å². The van der Waals surface area contributed by atoms with Crippen LogP contribution in [0.4, 0.5) is 0 Å². The summed E-state index contributed by atoms with van der Waals surface area (Å²) in [5.74, 6) is 0.0214. The maximum absolute atomic E-state index is 12.9. The van der Waals surface area contributed by atoms with E-state index in [1.165, 1.54) is 0 Å². The highest BCUT2D eigenvalue weighted by Gasteiger charge is 2.17. The Morgan fingerprint density at radius 1 is 0.577 bits per heavy atom. The zero-order valence-electron chi connectivity index (χ0n) is 13.1. The average molecular weight is 378 g/mol. The Morgan fingerprint density at radius 2 is 0.923 bits per heavy atom. The van der Waals surface area contributed by atoms with E-state index in [2.05, 4.69) is 0 Å². The molecule has 1 aliphatic heterocycles. The fraction of sp³-hybridized carbons (Fsp3) is 0. The van der Waals surface area contributed by atoms with E-state index in [-0.39, 0.29) is 22.4 Å². The van der Waals surface area contributed by atoms with E-state index < -0.39 is 0 Å². The molecule has 0 unspecified atom stereocenters. The van der Waals surface area contributed by atoms with Crippen LogP contribution >= 0.6 is 22.7 Å². The minimum atomic E-state index is -0.231. The first-order valence-corrected chi connectivity index (χ1v) is 9.46. The molecule has 126 valence electrons. The van der Waals surface area contributed by atoms with Crippen molar-refractivity contribution >= 4 is 53.6 Å². The minimum absolute atomic E-state index is 0.0107. The Labute approximate surface area is 153 Å². The van der Waals surface area contributed by atoms with Gasteiger partial charge in [-0.05, 0) is 0 Å². The van der Waals surface area contributed by atoms with Gasteiger partial charge in [-0.15, -0.1) is 22.7 Å². The second-order valence-electron chi connectivity index (χ2n) is 5.97. The summed E-state index contributed by atoms with van der Waals surface area (Å²) in [6, 6.07) is 13.7. The lowest BCUT2D eigenvalue weighted by molar-refractivity contribution is 0.480. The molecule has 6 heteroatoms. The average Bonchev–Trinajstić information content (AvgIpc) is 2.69. The number of rotatable bonds is 0. The van der Waals surface area contributed by atoms with E-state index in [0.717, 1.165) is 22.7 Å². The zero-order valence-corrected chi connectivity index (χ0v) is 14.8. The molecule has 0 saturated carbocycles. The molecule has 1 heterocycles. The molecule has 3 aromatic carbocycles. The van der Waals surface area contributed by atoms with Crippen LogP contribution in [-0.2, 0) is 0 Å². The second-order valence-corrected chi connectivity index (χ2v) is 8.01. The summed E-state index contributed by atoms with van der Waals surface area (Å²) < 4.78 is 1.42. The van der Waals surface area contributed by atoms with Gasteiger partial charge in [-0.2, -0.15) is 0 Å². The van der Waals surface area contributed by atoms with Crippen molar-refractivity contribution in [3.63, 3.8) is 0 Å². The van der Waals surface area contributed by atoms with Gasteiger partial charge >= 0.3 is 0 Å². The Balaban J connectivity index is 2.16. The number of phenols is 2. The zero-order chi connectivity index (χ0) is 18.0. The molecule has 0 fully saturated rings. The highest BCUT2D eigenvalue weighted by Crippen LogP contribution is 2.44. The number of benzene rings is 3. The van der Waals surface area contributed by atoms with Crippen LogP contribution in [0.25, 0.3) is 30.9 Å². The van der Waals surface area contributed by atoms with Crippen LogP contribution in [0.3, 0.4) is 0 Å². The van der Waals surface area contributed by atoms with Gasteiger partial charge in [-0.25, -0.2) is 0 Å². The summed E-state index contributed by atoms with van der Waals surface area (Å²) in [4.78, 5) is 25.8. The number of aromatic hydroxyl groups is 2. The molecule has 0 aromatic heterocycles. The second kappa shape index (κ2) is 5.27. The molecule has 0 atom stereocenters. The molecule has 2 N–H and O–H groups in total. The molecular formula is C20H10O4S2. The number of hydrogen-bond donors (Lipinski definition) is 2. The van der Waals surface area contributed by atoms with Gasteiger partial charge in [-0.3, -0.25) is 9.59 Å². The van der Waals surface area contributed by atoms with E-state index in [1.54, 1.807) is 48.5 Å². The van der Waals surface area contributed by atoms with Crippen LogP contribution in [-0.4, -0.2) is 10.2 Å². The molecular weight excluding hydrogens is 368 g/mol. The highest BCUT2D eigenvalue weighted by atomic mass is 32.1. The van der Waals surface area contributed by atoms with Crippen molar-refractivity contribution in [2.24, 2.45) is 0 Å². The van der Waals surface area contributed by atoms with Crippen molar-refractivity contribution in [3.8, 4) is 11.5 Å². The molecule has 2 aliphatic rings. The van der Waals surface area contributed by atoms with Crippen molar-refractivity contribution in [2.75, 3.05) is 0 Å². The monoisotopic (exact) mass is 378 g/mol. The summed E-state index contributed by atoms with van der Waals surface area (Å²) in [6.45, 7) is 0. The van der Waals surface area contributed by atoms with E-state index >= 15 is 0 Å². The van der Waals surface area contributed by atoms with E-state index in [9.17, 15) is 19.8 Å². The SMILES string of the molecule is O=c1c2sc3c(O)c4ccccc4c(O)c3sc=2c(=O)c2ccccc12. The summed E-state index contributed by atoms with van der Waals surface area (Å²) in [5.41, 5.74) is -0.462. The van der Waals surface area contributed by atoms with Crippen molar-refractivity contribution in [1.82, 2.24) is 0 Å². The van der Waals surface area contributed by atoms with Crippen LogP contribution in [0.1, 0.15) is 0 Å². The van der Waals surface area contributed by atoms with Crippen molar-refractivity contribution in [3.05, 3.63) is 78.0 Å². The predicted octanol–water partition coefficient (Wildman–Crippen LogP) is 4.13. The van der Waals surface area contributed by atoms with E-state index in [1.807, 2.05) is 0 Å². The van der Waals surface area contributed by atoms with Crippen LogP contribution in [0.15, 0.2) is 58.1 Å². The first-order chi connectivity index (χ1) is 12.6. The Morgan fingerprint density at radius 3 is 1.31 bits per heavy atom. The van der Waals surface area contributed by atoms with Gasteiger partial charge in [0.1, 0.15) is 11.5 Å². The van der Waals surface area contributed by atoms with Crippen LogP contribution < -0.4 is 10.9 Å². The third-order valence-corrected chi connectivity index (χ3v) is 7.17. The quantitative estimate of drug-likeness (QED) is 0.398. The molecule has 26 heavy (non-hydrogen) atoms. The lowest BCUT2D eigenvalue weighted by atomic mass is 10.1. The molecule has 1 aliphatic carbocycles. The van der Waals surface area contributed by atoms with E-state index in [4.69, 9.17) is 0 Å². The lowest BCUT2D eigenvalue weighted by Gasteiger charge is -2.08. The lowest BCUT2D eigenvalue weighted by Crippen LogP contribution is -2.13. The van der Waals surface area contributed by atoms with Gasteiger partial charge in [0.2, 0.25) is 10.9 Å². The summed E-state index contributed by atoms with van der Waals surface area (Å²) >= 11 is 2.10. The van der Waals surface area contributed by atoms with Gasteiger partial charge in [0.05, 0.1) is 18.5 Å². The van der Waals surface area contributed by atoms with Gasteiger partial charge in [0.25, 0.3) is 0 Å². The van der Waals surface area contributed by atoms with E-state index in [0.29, 0.717) is 40.0 Å². The third-order valence-electron chi connectivity index (χ3n) is 4.52. The smallest absolute Gasteiger partial charge is 0.205 e. The summed E-state index contributed by atoms with van der Waals surface area (Å²) in [6.07, 6.45) is 0. The third kappa shape index (κ3) is 1.88. The predicted molar refractivity (Wildman–Crippen MR) is 106 cm³/mol. The first kappa shape index (κ1) is 15.3. The maximum atomic E-state index is 12.9. The summed E-state index contributed by atoms with van der Waals surface area (Å²) in [7, 11) is 0. The molecule has 4 nitrogen and oxygen atoms in total. The Bertz CT molecular complexity index is 1430. The van der Waals surface area contributed by atoms with Crippen LogP contribution in [0.5, 0.6) is 11.5 Å². The molecule has 0 saturated heterocycles. The molecule has 0 spiro atoms. The summed E-state index contributed by atoms with van der Waals surface area (Å²) in [5, 5.41) is 23.2. The number of fused-ring (bicyclic) bond motifs is 3. The molecule has 0 amide bonds.